The first-order chi connectivity index (χ1) is 18.7. The normalized spacial score (nSPS) is 15.6. The van der Waals surface area contributed by atoms with Crippen molar-refractivity contribution in [3.63, 3.8) is 0 Å². The molecule has 2 aromatic carbocycles. The Labute approximate surface area is 223 Å². The van der Waals surface area contributed by atoms with Gasteiger partial charge < -0.3 is 20.5 Å². The molecule has 0 spiro atoms. The minimum Gasteiger partial charge on any atom is -0.478 e. The SMILES string of the molecule is CCCOc1ccc(C(=CC=CC(=O)Nc2cccc3c2CC(O)C(=O)N3)c2ccc(C(F)(F)F)cc2)cn1. The predicted molar refractivity (Wildman–Crippen MR) is 141 cm³/mol. The first kappa shape index (κ1) is 27.6. The monoisotopic (exact) mass is 537 g/mol. The molecule has 2 amide bonds. The van der Waals surface area contributed by atoms with E-state index in [0.29, 0.717) is 46.1 Å². The molecule has 3 aromatic rings. The number of nitrogens with one attached hydrogen (secondary N) is 2. The van der Waals surface area contributed by atoms with Gasteiger partial charge in [-0.3, -0.25) is 9.59 Å². The molecule has 0 bridgehead atoms. The van der Waals surface area contributed by atoms with Gasteiger partial charge in [0.25, 0.3) is 5.91 Å². The number of ether oxygens (including phenoxy) is 1. The Hall–Kier alpha value is -4.44. The van der Waals surface area contributed by atoms with E-state index in [1.54, 1.807) is 42.6 Å². The van der Waals surface area contributed by atoms with Gasteiger partial charge in [-0.15, -0.1) is 0 Å². The van der Waals surface area contributed by atoms with Gasteiger partial charge in [-0.2, -0.15) is 13.2 Å². The van der Waals surface area contributed by atoms with Crippen LogP contribution in [-0.2, 0) is 22.2 Å². The molecular weight excluding hydrogens is 511 g/mol. The van der Waals surface area contributed by atoms with E-state index < -0.39 is 29.7 Å². The highest BCUT2D eigenvalue weighted by molar-refractivity contribution is 6.03. The van der Waals surface area contributed by atoms with Crippen LogP contribution in [0, 0.1) is 0 Å². The van der Waals surface area contributed by atoms with Crippen LogP contribution >= 0.6 is 0 Å². The number of carbonyl (C=O) groups excluding carboxylic acids is 2. The van der Waals surface area contributed by atoms with Gasteiger partial charge in [0, 0.05) is 47.3 Å². The number of amides is 2. The summed E-state index contributed by atoms with van der Waals surface area (Å²) in [4.78, 5) is 28.7. The molecule has 7 nitrogen and oxygen atoms in total. The molecule has 1 aliphatic rings. The third kappa shape index (κ3) is 6.91. The van der Waals surface area contributed by atoms with E-state index in [1.807, 2.05) is 6.92 Å². The van der Waals surface area contributed by atoms with E-state index in [2.05, 4.69) is 15.6 Å². The Morgan fingerprint density at radius 2 is 1.90 bits per heavy atom. The van der Waals surface area contributed by atoms with E-state index in [0.717, 1.165) is 18.6 Å². The summed E-state index contributed by atoms with van der Waals surface area (Å²) in [6, 6.07) is 13.1. The lowest BCUT2D eigenvalue weighted by Crippen LogP contribution is -2.34. The van der Waals surface area contributed by atoms with Crippen molar-refractivity contribution in [2.24, 2.45) is 0 Å². The summed E-state index contributed by atoms with van der Waals surface area (Å²) in [5, 5.41) is 15.2. The van der Waals surface area contributed by atoms with Gasteiger partial charge in [0.1, 0.15) is 6.10 Å². The topological polar surface area (TPSA) is 101 Å². The molecular formula is C29H26F3N3O4. The Morgan fingerprint density at radius 3 is 2.56 bits per heavy atom. The summed E-state index contributed by atoms with van der Waals surface area (Å²) >= 11 is 0. The predicted octanol–water partition coefficient (Wildman–Crippen LogP) is 5.37. The van der Waals surface area contributed by atoms with E-state index in [1.165, 1.54) is 24.3 Å². The van der Waals surface area contributed by atoms with Crippen molar-refractivity contribution >= 4 is 28.8 Å². The van der Waals surface area contributed by atoms with Crippen molar-refractivity contribution in [3.8, 4) is 5.88 Å². The lowest BCUT2D eigenvalue weighted by Gasteiger charge is -2.23. The Balaban J connectivity index is 1.58. The number of aliphatic hydroxyl groups is 1. The van der Waals surface area contributed by atoms with Gasteiger partial charge in [0.2, 0.25) is 11.8 Å². The Morgan fingerprint density at radius 1 is 1.15 bits per heavy atom. The van der Waals surface area contributed by atoms with Crippen LogP contribution in [0.5, 0.6) is 5.88 Å². The van der Waals surface area contributed by atoms with Crippen LogP contribution in [0.15, 0.2) is 79.0 Å². The van der Waals surface area contributed by atoms with Crippen LogP contribution in [0.1, 0.15) is 35.6 Å². The molecule has 3 N–H and O–H groups in total. The zero-order valence-electron chi connectivity index (χ0n) is 21.0. The highest BCUT2D eigenvalue weighted by Gasteiger charge is 2.30. The molecule has 2 heterocycles. The van der Waals surface area contributed by atoms with Gasteiger partial charge in [0.05, 0.1) is 12.2 Å². The number of hydrogen-bond acceptors (Lipinski definition) is 5. The highest BCUT2D eigenvalue weighted by atomic mass is 19.4. The lowest BCUT2D eigenvalue weighted by molar-refractivity contribution is -0.137. The molecule has 0 saturated heterocycles. The first-order valence-corrected chi connectivity index (χ1v) is 12.2. The maximum absolute atomic E-state index is 13.1. The fourth-order valence-electron chi connectivity index (χ4n) is 3.98. The number of aliphatic hydroxyl groups excluding tert-OH is 1. The van der Waals surface area contributed by atoms with Crippen LogP contribution in [0.4, 0.5) is 24.5 Å². The number of benzene rings is 2. The highest BCUT2D eigenvalue weighted by Crippen LogP contribution is 2.32. The van der Waals surface area contributed by atoms with Crippen molar-refractivity contribution < 1.29 is 32.6 Å². The van der Waals surface area contributed by atoms with Crippen LogP contribution in [0.2, 0.25) is 0 Å². The summed E-state index contributed by atoms with van der Waals surface area (Å²) < 4.78 is 44.7. The molecule has 0 saturated carbocycles. The molecule has 1 aliphatic heterocycles. The number of hydrogen-bond donors (Lipinski definition) is 3. The molecule has 39 heavy (non-hydrogen) atoms. The number of anilines is 2. The first-order valence-electron chi connectivity index (χ1n) is 12.2. The maximum atomic E-state index is 13.1. The van der Waals surface area contributed by atoms with Crippen LogP contribution in [0.25, 0.3) is 5.57 Å². The summed E-state index contributed by atoms with van der Waals surface area (Å²) in [7, 11) is 0. The van der Waals surface area contributed by atoms with Gasteiger partial charge >= 0.3 is 6.18 Å². The number of carbonyl (C=O) groups is 2. The average Bonchev–Trinajstić information content (AvgIpc) is 2.91. The second-order valence-electron chi connectivity index (χ2n) is 8.78. The molecule has 10 heteroatoms. The van der Waals surface area contributed by atoms with Crippen molar-refractivity contribution in [3.05, 3.63) is 101 Å². The van der Waals surface area contributed by atoms with Crippen LogP contribution in [0.3, 0.4) is 0 Å². The van der Waals surface area contributed by atoms with E-state index >= 15 is 0 Å². The second kappa shape index (κ2) is 12.0. The van der Waals surface area contributed by atoms with Crippen molar-refractivity contribution in [1.82, 2.24) is 4.98 Å². The zero-order valence-corrected chi connectivity index (χ0v) is 21.0. The molecule has 0 fully saturated rings. The summed E-state index contributed by atoms with van der Waals surface area (Å²) in [6.45, 7) is 2.47. The molecule has 0 radical (unpaired) electrons. The third-order valence-electron chi connectivity index (χ3n) is 5.93. The minimum absolute atomic E-state index is 0.0598. The van der Waals surface area contributed by atoms with Gasteiger partial charge in [-0.25, -0.2) is 4.98 Å². The lowest BCUT2D eigenvalue weighted by atomic mass is 9.97. The van der Waals surface area contributed by atoms with Gasteiger partial charge in [0.15, 0.2) is 0 Å². The fraction of sp³-hybridized carbons (Fsp3) is 0.207. The van der Waals surface area contributed by atoms with E-state index in [-0.39, 0.29) is 6.42 Å². The average molecular weight is 538 g/mol. The van der Waals surface area contributed by atoms with E-state index in [4.69, 9.17) is 4.74 Å². The van der Waals surface area contributed by atoms with Crippen molar-refractivity contribution in [1.29, 1.82) is 0 Å². The molecule has 4 rings (SSSR count). The molecule has 0 aliphatic carbocycles. The maximum Gasteiger partial charge on any atom is 0.416 e. The van der Waals surface area contributed by atoms with E-state index in [9.17, 15) is 27.9 Å². The number of pyridine rings is 1. The quantitative estimate of drug-likeness (QED) is 0.265. The number of fused-ring (bicyclic) bond motifs is 1. The number of halogens is 3. The smallest absolute Gasteiger partial charge is 0.416 e. The van der Waals surface area contributed by atoms with Crippen molar-refractivity contribution in [2.75, 3.05) is 17.2 Å². The summed E-state index contributed by atoms with van der Waals surface area (Å²) in [5.41, 5.74) is 2.45. The Bertz CT molecular complexity index is 1400. The number of allylic oxidation sites excluding steroid dienone is 2. The van der Waals surface area contributed by atoms with Crippen molar-refractivity contribution in [2.45, 2.75) is 32.0 Å². The summed E-state index contributed by atoms with van der Waals surface area (Å²) in [5.74, 6) is -0.555. The van der Waals surface area contributed by atoms with Gasteiger partial charge in [-0.1, -0.05) is 37.3 Å². The standard InChI is InChI=1S/C29H26F3N3O4/c1-2-15-39-27-14-11-19(17-33-27)21(18-9-12-20(13-10-18)29(30,31)32)5-3-8-26(37)34-23-6-4-7-24-22(23)16-25(36)28(38)35-24/h3-14,17,25,36H,2,15-16H2,1H3,(H,34,37)(H,35,38). The number of rotatable bonds is 8. The molecule has 1 aromatic heterocycles. The minimum atomic E-state index is -4.46. The van der Waals surface area contributed by atoms with Crippen LogP contribution in [-0.4, -0.2) is 34.6 Å². The van der Waals surface area contributed by atoms with Crippen LogP contribution < -0.4 is 15.4 Å². The number of nitrogens with zero attached hydrogens (tertiary/aromatic N) is 1. The molecule has 202 valence electrons. The molecule has 1 unspecified atom stereocenters. The van der Waals surface area contributed by atoms with Gasteiger partial charge in [-0.05, 0) is 47.9 Å². The summed E-state index contributed by atoms with van der Waals surface area (Å²) in [6.07, 6.45) is 1.11. The largest absolute Gasteiger partial charge is 0.478 e. The second-order valence-corrected chi connectivity index (χ2v) is 8.78. The fourth-order valence-corrected chi connectivity index (χ4v) is 3.98. The molecule has 1 atom stereocenters. The zero-order chi connectivity index (χ0) is 28.0. The number of aromatic nitrogens is 1. The Kier molecular flexibility index (Phi) is 8.46. The third-order valence-corrected chi connectivity index (χ3v) is 5.93. The number of alkyl halides is 3.